The van der Waals surface area contributed by atoms with E-state index in [0.717, 1.165) is 25.6 Å². The van der Waals surface area contributed by atoms with Crippen molar-refractivity contribution < 1.29 is 4.74 Å². The predicted molar refractivity (Wildman–Crippen MR) is 87.6 cm³/mol. The van der Waals surface area contributed by atoms with Crippen molar-refractivity contribution in [2.75, 3.05) is 19.7 Å². The van der Waals surface area contributed by atoms with Crippen molar-refractivity contribution in [2.24, 2.45) is 4.99 Å². The molecule has 1 N–H and O–H groups in total. The number of nitrogens with zero attached hydrogens (tertiary/aromatic N) is 1. The van der Waals surface area contributed by atoms with Crippen LogP contribution in [0, 0.1) is 0 Å². The van der Waals surface area contributed by atoms with Crippen LogP contribution in [0.5, 0.6) is 0 Å². The largest absolute Gasteiger partial charge is 0.478 e. The number of ether oxygens (including phenoxy) is 1. The van der Waals surface area contributed by atoms with Crippen molar-refractivity contribution >= 4 is 5.90 Å². The van der Waals surface area contributed by atoms with E-state index in [1.54, 1.807) is 0 Å². The third-order valence-corrected chi connectivity index (χ3v) is 3.96. The molecule has 0 spiro atoms. The van der Waals surface area contributed by atoms with Crippen LogP contribution >= 0.6 is 0 Å². The van der Waals surface area contributed by atoms with Gasteiger partial charge in [-0.15, -0.1) is 0 Å². The summed E-state index contributed by atoms with van der Waals surface area (Å²) >= 11 is 0. The zero-order chi connectivity index (χ0) is 14.5. The zero-order valence-corrected chi connectivity index (χ0v) is 13.6. The SMILES string of the molecule is CCCCCCCCCCCCNC(C)C1=NCCO1. The van der Waals surface area contributed by atoms with Gasteiger partial charge in [0, 0.05) is 0 Å². The fourth-order valence-electron chi connectivity index (χ4n) is 2.63. The molecule has 20 heavy (non-hydrogen) atoms. The highest BCUT2D eigenvalue weighted by atomic mass is 16.5. The van der Waals surface area contributed by atoms with Gasteiger partial charge < -0.3 is 10.1 Å². The van der Waals surface area contributed by atoms with Crippen LogP contribution in [-0.4, -0.2) is 31.6 Å². The Bertz CT molecular complexity index is 253. The molecule has 0 amide bonds. The van der Waals surface area contributed by atoms with Gasteiger partial charge in [0.2, 0.25) is 5.90 Å². The van der Waals surface area contributed by atoms with Crippen molar-refractivity contribution in [3.8, 4) is 0 Å². The fourth-order valence-corrected chi connectivity index (χ4v) is 2.63. The van der Waals surface area contributed by atoms with Crippen LogP contribution in [0.2, 0.25) is 0 Å². The molecule has 1 heterocycles. The average molecular weight is 282 g/mol. The zero-order valence-electron chi connectivity index (χ0n) is 13.6. The Kier molecular flexibility index (Phi) is 10.7. The summed E-state index contributed by atoms with van der Waals surface area (Å²) < 4.78 is 5.45. The molecule has 1 aliphatic rings. The Morgan fingerprint density at radius 2 is 1.60 bits per heavy atom. The van der Waals surface area contributed by atoms with Gasteiger partial charge in [-0.05, 0) is 19.9 Å². The number of hydrogen-bond acceptors (Lipinski definition) is 3. The summed E-state index contributed by atoms with van der Waals surface area (Å²) in [5.74, 6) is 0.900. The molecule has 3 heteroatoms. The van der Waals surface area contributed by atoms with E-state index < -0.39 is 0 Å². The maximum Gasteiger partial charge on any atom is 0.200 e. The highest BCUT2D eigenvalue weighted by Crippen LogP contribution is 2.10. The van der Waals surface area contributed by atoms with Gasteiger partial charge in [-0.3, -0.25) is 4.99 Å². The van der Waals surface area contributed by atoms with E-state index in [0.29, 0.717) is 0 Å². The lowest BCUT2D eigenvalue weighted by molar-refractivity contribution is 0.327. The lowest BCUT2D eigenvalue weighted by atomic mass is 10.1. The molecular formula is C17H34N2O. The van der Waals surface area contributed by atoms with E-state index in [9.17, 15) is 0 Å². The summed E-state index contributed by atoms with van der Waals surface area (Å²) in [6.07, 6.45) is 13.9. The van der Waals surface area contributed by atoms with Crippen LogP contribution in [-0.2, 0) is 4.74 Å². The van der Waals surface area contributed by atoms with Gasteiger partial charge in [-0.1, -0.05) is 64.7 Å². The Balaban J connectivity index is 1.78. The van der Waals surface area contributed by atoms with Gasteiger partial charge >= 0.3 is 0 Å². The van der Waals surface area contributed by atoms with Crippen LogP contribution < -0.4 is 5.32 Å². The predicted octanol–water partition coefficient (Wildman–Crippen LogP) is 4.31. The Morgan fingerprint density at radius 3 is 2.15 bits per heavy atom. The number of rotatable bonds is 13. The summed E-state index contributed by atoms with van der Waals surface area (Å²) in [5.41, 5.74) is 0. The number of aliphatic imine (C=N–C) groups is 1. The van der Waals surface area contributed by atoms with E-state index in [4.69, 9.17) is 4.74 Å². The molecule has 0 fully saturated rings. The third kappa shape index (κ3) is 8.57. The van der Waals surface area contributed by atoms with Crippen LogP contribution in [0.4, 0.5) is 0 Å². The highest BCUT2D eigenvalue weighted by molar-refractivity contribution is 5.82. The number of nitrogens with one attached hydrogen (secondary N) is 1. The summed E-state index contributed by atoms with van der Waals surface area (Å²) in [5, 5.41) is 3.49. The van der Waals surface area contributed by atoms with E-state index in [2.05, 4.69) is 24.2 Å². The lowest BCUT2D eigenvalue weighted by Gasteiger charge is -2.13. The summed E-state index contributed by atoms with van der Waals surface area (Å²) in [6.45, 7) is 7.10. The van der Waals surface area contributed by atoms with Crippen LogP contribution in [0.1, 0.15) is 78.1 Å². The third-order valence-electron chi connectivity index (χ3n) is 3.96. The first-order valence-electron chi connectivity index (χ1n) is 8.75. The minimum Gasteiger partial charge on any atom is -0.478 e. The second kappa shape index (κ2) is 12.2. The summed E-state index contributed by atoms with van der Waals surface area (Å²) in [4.78, 5) is 4.34. The Hall–Kier alpha value is -0.570. The minimum absolute atomic E-state index is 0.288. The second-order valence-corrected chi connectivity index (χ2v) is 5.93. The Morgan fingerprint density at radius 1 is 1.00 bits per heavy atom. The highest BCUT2D eigenvalue weighted by Gasteiger charge is 2.14. The standard InChI is InChI=1S/C17H34N2O/c1-3-4-5-6-7-8-9-10-11-12-13-18-16(2)17-19-14-15-20-17/h16,18H,3-15H2,1-2H3. The molecule has 118 valence electrons. The molecule has 0 saturated carbocycles. The lowest BCUT2D eigenvalue weighted by Crippen LogP contribution is -2.34. The average Bonchev–Trinajstić information content (AvgIpc) is 2.99. The summed E-state index contributed by atoms with van der Waals surface area (Å²) in [6, 6.07) is 0.288. The number of unbranched alkanes of at least 4 members (excludes halogenated alkanes) is 9. The van der Waals surface area contributed by atoms with E-state index in [-0.39, 0.29) is 6.04 Å². The molecule has 0 aromatic carbocycles. The van der Waals surface area contributed by atoms with Crippen LogP contribution in [0.15, 0.2) is 4.99 Å². The smallest absolute Gasteiger partial charge is 0.200 e. The van der Waals surface area contributed by atoms with Crippen molar-refractivity contribution in [3.05, 3.63) is 0 Å². The topological polar surface area (TPSA) is 33.6 Å². The quantitative estimate of drug-likeness (QED) is 0.511. The molecular weight excluding hydrogens is 248 g/mol. The first kappa shape index (κ1) is 17.5. The van der Waals surface area contributed by atoms with E-state index >= 15 is 0 Å². The van der Waals surface area contributed by atoms with Crippen molar-refractivity contribution in [3.63, 3.8) is 0 Å². The molecule has 0 bridgehead atoms. The first-order valence-corrected chi connectivity index (χ1v) is 8.75. The van der Waals surface area contributed by atoms with Crippen molar-refractivity contribution in [1.82, 2.24) is 5.32 Å². The molecule has 0 aromatic heterocycles. The van der Waals surface area contributed by atoms with E-state index in [1.165, 1.54) is 64.2 Å². The van der Waals surface area contributed by atoms with Gasteiger partial charge in [-0.25, -0.2) is 0 Å². The normalized spacial score (nSPS) is 16.0. The molecule has 1 atom stereocenters. The second-order valence-electron chi connectivity index (χ2n) is 5.93. The Labute approximate surface area is 125 Å². The van der Waals surface area contributed by atoms with Gasteiger partial charge in [0.1, 0.15) is 6.61 Å². The molecule has 3 nitrogen and oxygen atoms in total. The molecule has 0 aromatic rings. The molecule has 0 radical (unpaired) electrons. The van der Waals surface area contributed by atoms with E-state index in [1.807, 2.05) is 0 Å². The molecule has 1 aliphatic heterocycles. The van der Waals surface area contributed by atoms with Crippen LogP contribution in [0.3, 0.4) is 0 Å². The maximum atomic E-state index is 5.45. The van der Waals surface area contributed by atoms with Gasteiger partial charge in [0.25, 0.3) is 0 Å². The molecule has 1 rings (SSSR count). The monoisotopic (exact) mass is 282 g/mol. The molecule has 0 aliphatic carbocycles. The maximum absolute atomic E-state index is 5.45. The first-order chi connectivity index (χ1) is 9.84. The van der Waals surface area contributed by atoms with Gasteiger partial charge in [-0.2, -0.15) is 0 Å². The van der Waals surface area contributed by atoms with Crippen molar-refractivity contribution in [2.45, 2.75) is 84.1 Å². The minimum atomic E-state index is 0.288. The van der Waals surface area contributed by atoms with Gasteiger partial charge in [0.05, 0.1) is 12.6 Å². The van der Waals surface area contributed by atoms with Crippen molar-refractivity contribution in [1.29, 1.82) is 0 Å². The fraction of sp³-hybridized carbons (Fsp3) is 0.941. The molecule has 1 unspecified atom stereocenters. The molecule has 0 saturated heterocycles. The van der Waals surface area contributed by atoms with Crippen LogP contribution in [0.25, 0.3) is 0 Å². The summed E-state index contributed by atoms with van der Waals surface area (Å²) in [7, 11) is 0. The van der Waals surface area contributed by atoms with Gasteiger partial charge in [0.15, 0.2) is 0 Å². The number of hydrogen-bond donors (Lipinski definition) is 1.